The summed E-state index contributed by atoms with van der Waals surface area (Å²) >= 11 is 1.27. The minimum absolute atomic E-state index is 0.124. The zero-order valence-electron chi connectivity index (χ0n) is 14.8. The number of rotatable bonds is 7. The van der Waals surface area contributed by atoms with Crippen LogP contribution in [0.1, 0.15) is 41.4 Å². The number of thiazole rings is 1. The lowest BCUT2D eigenvalue weighted by atomic mass is 9.96. The van der Waals surface area contributed by atoms with Crippen LogP contribution in [0.4, 0.5) is 8.78 Å². The lowest BCUT2D eigenvalue weighted by Gasteiger charge is -2.36. The van der Waals surface area contributed by atoms with E-state index in [-0.39, 0.29) is 11.7 Å². The number of likely N-dealkylation sites (tertiary alicyclic amines) is 1. The molecular formula is C18H24F2N4OS. The van der Waals surface area contributed by atoms with Crippen LogP contribution in [-0.2, 0) is 0 Å². The topological polar surface area (TPSA) is 64.3 Å². The molecule has 1 aliphatic rings. The van der Waals surface area contributed by atoms with Crippen molar-refractivity contribution in [1.29, 1.82) is 0 Å². The smallest absolute Gasteiger partial charge is 0.281 e. The Morgan fingerprint density at radius 1 is 1.35 bits per heavy atom. The summed E-state index contributed by atoms with van der Waals surface area (Å²) in [6.07, 6.45) is 1.09. The first-order valence-corrected chi connectivity index (χ1v) is 9.67. The van der Waals surface area contributed by atoms with E-state index in [0.717, 1.165) is 31.5 Å². The van der Waals surface area contributed by atoms with Gasteiger partial charge < -0.3 is 10.5 Å². The van der Waals surface area contributed by atoms with Crippen LogP contribution in [0.15, 0.2) is 23.8 Å². The molecule has 26 heavy (non-hydrogen) atoms. The maximum absolute atomic E-state index is 13.1. The van der Waals surface area contributed by atoms with Crippen LogP contribution in [0.25, 0.3) is 0 Å². The fraction of sp³-hybridized carbons (Fsp3) is 0.556. The van der Waals surface area contributed by atoms with Gasteiger partial charge in [-0.25, -0.2) is 18.7 Å². The molecule has 0 aliphatic carbocycles. The normalized spacial score (nSPS) is 17.6. The molecule has 0 spiro atoms. The molecule has 0 aromatic carbocycles. The number of halogens is 2. The van der Waals surface area contributed by atoms with Gasteiger partial charge >= 0.3 is 0 Å². The van der Waals surface area contributed by atoms with Crippen molar-refractivity contribution in [2.24, 2.45) is 11.7 Å². The molecule has 0 radical (unpaired) electrons. The average molecular weight is 382 g/mol. The fourth-order valence-corrected chi connectivity index (χ4v) is 4.27. The lowest BCUT2D eigenvalue weighted by molar-refractivity contribution is 0.104. The summed E-state index contributed by atoms with van der Waals surface area (Å²) in [5.41, 5.74) is 8.38. The third-order valence-corrected chi connectivity index (χ3v) is 5.75. The van der Waals surface area contributed by atoms with Crippen LogP contribution < -0.4 is 10.5 Å². The van der Waals surface area contributed by atoms with E-state index in [0.29, 0.717) is 29.8 Å². The largest absolute Gasteiger partial charge is 0.477 e. The molecular weight excluding hydrogens is 358 g/mol. The van der Waals surface area contributed by atoms with Crippen LogP contribution >= 0.6 is 11.3 Å². The van der Waals surface area contributed by atoms with Crippen molar-refractivity contribution in [2.45, 2.75) is 32.2 Å². The van der Waals surface area contributed by atoms with Crippen LogP contribution in [-0.4, -0.2) is 41.1 Å². The van der Waals surface area contributed by atoms with Gasteiger partial charge in [0, 0.05) is 18.8 Å². The van der Waals surface area contributed by atoms with Gasteiger partial charge in [0.05, 0.1) is 23.0 Å². The molecule has 0 bridgehead atoms. The van der Waals surface area contributed by atoms with E-state index in [1.54, 1.807) is 6.20 Å². The Hall–Kier alpha value is -1.64. The Bertz CT molecular complexity index is 704. The molecule has 1 fully saturated rings. The van der Waals surface area contributed by atoms with E-state index in [1.165, 1.54) is 16.8 Å². The van der Waals surface area contributed by atoms with E-state index in [9.17, 15) is 8.78 Å². The number of nitrogens with two attached hydrogens (primary N) is 1. The minimum Gasteiger partial charge on any atom is -0.477 e. The van der Waals surface area contributed by atoms with Gasteiger partial charge in [-0.1, -0.05) is 0 Å². The number of piperidine rings is 1. The predicted molar refractivity (Wildman–Crippen MR) is 97.6 cm³/mol. The van der Waals surface area contributed by atoms with Gasteiger partial charge in [-0.3, -0.25) is 4.90 Å². The predicted octanol–water partition coefficient (Wildman–Crippen LogP) is 3.57. The van der Waals surface area contributed by atoms with Crippen molar-refractivity contribution < 1.29 is 13.5 Å². The Morgan fingerprint density at radius 2 is 2.12 bits per heavy atom. The van der Waals surface area contributed by atoms with E-state index in [4.69, 9.17) is 10.5 Å². The molecule has 2 aromatic rings. The third kappa shape index (κ3) is 4.55. The fourth-order valence-electron chi connectivity index (χ4n) is 3.32. The summed E-state index contributed by atoms with van der Waals surface area (Å²) in [6.45, 7) is 4.58. The molecule has 0 amide bonds. The molecule has 0 saturated carbocycles. The molecule has 3 rings (SSSR count). The van der Waals surface area contributed by atoms with Crippen molar-refractivity contribution >= 4 is 11.3 Å². The van der Waals surface area contributed by atoms with Gasteiger partial charge in [0.25, 0.3) is 6.43 Å². The molecule has 2 N–H and O–H groups in total. The second-order valence-corrected chi connectivity index (χ2v) is 7.50. The second-order valence-electron chi connectivity index (χ2n) is 6.62. The zero-order valence-corrected chi connectivity index (χ0v) is 15.6. The van der Waals surface area contributed by atoms with E-state index < -0.39 is 6.43 Å². The molecule has 142 valence electrons. The molecule has 5 nitrogen and oxygen atoms in total. The number of nitrogens with zero attached hydrogens (tertiary/aromatic N) is 3. The lowest BCUT2D eigenvalue weighted by Crippen LogP contribution is -2.41. The van der Waals surface area contributed by atoms with Crippen LogP contribution in [0, 0.1) is 12.8 Å². The quantitative estimate of drug-likeness (QED) is 0.793. The number of pyridine rings is 1. The number of aryl methyl sites for hydroxylation is 1. The van der Waals surface area contributed by atoms with Gasteiger partial charge in [-0.2, -0.15) is 0 Å². The highest BCUT2D eigenvalue weighted by Crippen LogP contribution is 2.34. The maximum atomic E-state index is 13.1. The van der Waals surface area contributed by atoms with Crippen LogP contribution in [0.5, 0.6) is 5.88 Å². The summed E-state index contributed by atoms with van der Waals surface area (Å²) in [5.74, 6) is 1.08. The molecule has 1 atom stereocenters. The summed E-state index contributed by atoms with van der Waals surface area (Å²) < 4.78 is 32.1. The molecule has 1 saturated heterocycles. The zero-order chi connectivity index (χ0) is 18.5. The van der Waals surface area contributed by atoms with Gasteiger partial charge in [0.1, 0.15) is 5.69 Å². The second kappa shape index (κ2) is 8.83. The third-order valence-electron chi connectivity index (χ3n) is 4.80. The number of aromatic nitrogens is 2. The Kier molecular flexibility index (Phi) is 6.50. The Morgan fingerprint density at radius 3 is 2.77 bits per heavy atom. The first-order valence-electron chi connectivity index (χ1n) is 8.79. The van der Waals surface area contributed by atoms with Crippen molar-refractivity contribution in [3.63, 3.8) is 0 Å². The number of alkyl halides is 2. The van der Waals surface area contributed by atoms with Crippen LogP contribution in [0.2, 0.25) is 0 Å². The monoisotopic (exact) mass is 382 g/mol. The summed E-state index contributed by atoms with van der Waals surface area (Å²) in [7, 11) is 0. The SMILES string of the molecule is Cc1ccnc(OCC2CCN(C(CN)c3scnc3C(F)F)CC2)c1. The van der Waals surface area contributed by atoms with Gasteiger partial charge in [-0.15, -0.1) is 11.3 Å². The Labute approximate surface area is 156 Å². The number of hydrogen-bond donors (Lipinski definition) is 1. The van der Waals surface area contributed by atoms with Crippen molar-refractivity contribution in [3.8, 4) is 5.88 Å². The van der Waals surface area contributed by atoms with E-state index >= 15 is 0 Å². The molecule has 1 unspecified atom stereocenters. The molecule has 1 aliphatic heterocycles. The molecule has 3 heterocycles. The molecule has 2 aromatic heterocycles. The maximum Gasteiger partial charge on any atom is 0.281 e. The standard InChI is InChI=1S/C18H24F2N4OS/c1-12-2-5-22-15(8-12)25-10-13-3-6-24(7-4-13)14(9-21)17-16(18(19)20)23-11-26-17/h2,5,8,11,13-14,18H,3-4,6-7,9-10,21H2,1H3. The number of ether oxygens (including phenoxy) is 1. The highest BCUT2D eigenvalue weighted by molar-refractivity contribution is 7.09. The van der Waals surface area contributed by atoms with Crippen LogP contribution in [0.3, 0.4) is 0 Å². The highest BCUT2D eigenvalue weighted by atomic mass is 32.1. The summed E-state index contributed by atoms with van der Waals surface area (Å²) in [5, 5.41) is 0. The van der Waals surface area contributed by atoms with E-state index in [1.807, 2.05) is 19.1 Å². The highest BCUT2D eigenvalue weighted by Gasteiger charge is 2.30. The van der Waals surface area contributed by atoms with Gasteiger partial charge in [0.2, 0.25) is 5.88 Å². The summed E-state index contributed by atoms with van der Waals surface area (Å²) in [6, 6.07) is 3.67. The van der Waals surface area contributed by atoms with Gasteiger partial charge in [0.15, 0.2) is 0 Å². The average Bonchev–Trinajstić information content (AvgIpc) is 3.11. The number of hydrogen-bond acceptors (Lipinski definition) is 6. The van der Waals surface area contributed by atoms with Crippen molar-refractivity contribution in [3.05, 3.63) is 40.0 Å². The van der Waals surface area contributed by atoms with Crippen molar-refractivity contribution in [1.82, 2.24) is 14.9 Å². The first-order chi connectivity index (χ1) is 12.6. The first kappa shape index (κ1) is 19.1. The van der Waals surface area contributed by atoms with Gasteiger partial charge in [-0.05, 0) is 50.4 Å². The van der Waals surface area contributed by atoms with Crippen molar-refractivity contribution in [2.75, 3.05) is 26.2 Å². The Balaban J connectivity index is 1.54. The van der Waals surface area contributed by atoms with E-state index in [2.05, 4.69) is 14.9 Å². The molecule has 8 heteroatoms. The summed E-state index contributed by atoms with van der Waals surface area (Å²) in [4.78, 5) is 10.8. The minimum atomic E-state index is -2.56.